The quantitative estimate of drug-likeness (QED) is 0.428. The number of aliphatic hydroxyl groups is 1. The molecule has 2 heteroatoms. The summed E-state index contributed by atoms with van der Waals surface area (Å²) < 4.78 is 0. The maximum absolute atomic E-state index is 8.28. The average Bonchev–Trinajstić information content (AvgIpc) is 1.68. The Hall–Kier alpha value is -0.0100. The van der Waals surface area contributed by atoms with Gasteiger partial charge in [-0.25, -0.2) is 0 Å². The van der Waals surface area contributed by atoms with E-state index in [9.17, 15) is 0 Å². The van der Waals surface area contributed by atoms with Crippen LogP contribution in [0.2, 0.25) is 0 Å². The van der Waals surface area contributed by atoms with Crippen molar-refractivity contribution >= 4 is 11.6 Å². The van der Waals surface area contributed by atoms with E-state index in [1.807, 2.05) is 13.0 Å². The summed E-state index contributed by atoms with van der Waals surface area (Å²) in [5, 5.41) is 8.08. The van der Waals surface area contributed by atoms with Gasteiger partial charge in [0.15, 0.2) is 0 Å². The van der Waals surface area contributed by atoms with Crippen LogP contribution in [0.4, 0.5) is 0 Å². The Morgan fingerprint density at radius 2 is 2.43 bits per heavy atom. The second-order valence-electron chi connectivity index (χ2n) is 1.22. The first-order valence-electron chi connectivity index (χ1n) is 2.19. The van der Waals surface area contributed by atoms with Crippen LogP contribution in [0.3, 0.4) is 0 Å². The minimum Gasteiger partial charge on any atom is -0.395 e. The lowest BCUT2D eigenvalue weighted by atomic mass is 10.4. The van der Waals surface area contributed by atoms with E-state index in [2.05, 4.69) is 0 Å². The molecule has 0 saturated carbocycles. The number of halogens is 1. The third-order valence-corrected chi connectivity index (χ3v) is 0.859. The van der Waals surface area contributed by atoms with Gasteiger partial charge in [-0.2, -0.15) is 0 Å². The third kappa shape index (κ3) is 3.83. The number of aliphatic hydroxyl groups excluding tert-OH is 1. The van der Waals surface area contributed by atoms with Gasteiger partial charge in [-0.15, -0.1) is 11.6 Å². The first-order valence-corrected chi connectivity index (χ1v) is 2.62. The first kappa shape index (κ1) is 6.99. The van der Waals surface area contributed by atoms with Gasteiger partial charge in [-0.05, 0) is 6.92 Å². The highest BCUT2D eigenvalue weighted by Gasteiger charge is 1.90. The Balaban J connectivity index is 3.16. The molecule has 0 spiro atoms. The summed E-state index contributed by atoms with van der Waals surface area (Å²) in [7, 11) is 0. The standard InChI is InChI=1S/C5H9ClO/c1-2-3-5(6)4-7/h2-3,5,7H,4H2,1H3. The SMILES string of the molecule is CC=CC(Cl)CO. The molecule has 0 rings (SSSR count). The van der Waals surface area contributed by atoms with E-state index < -0.39 is 0 Å². The van der Waals surface area contributed by atoms with Crippen molar-refractivity contribution in [3.8, 4) is 0 Å². The summed E-state index contributed by atoms with van der Waals surface area (Å²) in [5.74, 6) is 0. The summed E-state index contributed by atoms with van der Waals surface area (Å²) in [6, 6.07) is 0. The van der Waals surface area contributed by atoms with E-state index in [0.29, 0.717) is 0 Å². The topological polar surface area (TPSA) is 20.2 Å². The predicted molar refractivity (Wildman–Crippen MR) is 31.5 cm³/mol. The Bertz CT molecular complexity index is 61.1. The van der Waals surface area contributed by atoms with Crippen LogP contribution in [-0.2, 0) is 0 Å². The zero-order chi connectivity index (χ0) is 5.70. The molecule has 7 heavy (non-hydrogen) atoms. The lowest BCUT2D eigenvalue weighted by molar-refractivity contribution is 0.305. The zero-order valence-electron chi connectivity index (χ0n) is 4.26. The average molecular weight is 121 g/mol. The molecule has 0 heterocycles. The van der Waals surface area contributed by atoms with Crippen molar-refractivity contribution in [3.63, 3.8) is 0 Å². The van der Waals surface area contributed by atoms with Gasteiger partial charge in [0.1, 0.15) is 0 Å². The van der Waals surface area contributed by atoms with Gasteiger partial charge >= 0.3 is 0 Å². The number of hydrogen-bond acceptors (Lipinski definition) is 1. The molecular weight excluding hydrogens is 112 g/mol. The zero-order valence-corrected chi connectivity index (χ0v) is 5.02. The van der Waals surface area contributed by atoms with Gasteiger partial charge in [0.05, 0.1) is 12.0 Å². The normalized spacial score (nSPS) is 15.3. The molecule has 0 aromatic rings. The summed E-state index contributed by atoms with van der Waals surface area (Å²) in [6.45, 7) is 1.89. The molecular formula is C5H9ClO. The van der Waals surface area contributed by atoms with Gasteiger partial charge in [0.25, 0.3) is 0 Å². The molecule has 1 nitrogen and oxygen atoms in total. The van der Waals surface area contributed by atoms with Crippen molar-refractivity contribution in [1.82, 2.24) is 0 Å². The lowest BCUT2D eigenvalue weighted by Gasteiger charge is -1.92. The van der Waals surface area contributed by atoms with E-state index in [4.69, 9.17) is 16.7 Å². The van der Waals surface area contributed by atoms with Gasteiger partial charge in [-0.1, -0.05) is 12.2 Å². The van der Waals surface area contributed by atoms with Gasteiger partial charge < -0.3 is 5.11 Å². The number of hydrogen-bond donors (Lipinski definition) is 1. The van der Waals surface area contributed by atoms with Crippen LogP contribution >= 0.6 is 11.6 Å². The molecule has 1 atom stereocenters. The Morgan fingerprint density at radius 3 is 2.57 bits per heavy atom. The minimum atomic E-state index is -0.204. The van der Waals surface area contributed by atoms with E-state index in [-0.39, 0.29) is 12.0 Å². The third-order valence-electron chi connectivity index (χ3n) is 0.576. The van der Waals surface area contributed by atoms with Gasteiger partial charge in [0.2, 0.25) is 0 Å². The molecule has 42 valence electrons. The smallest absolute Gasteiger partial charge is 0.0747 e. The summed E-state index contributed by atoms with van der Waals surface area (Å²) >= 11 is 5.43. The van der Waals surface area contributed by atoms with Crippen molar-refractivity contribution in [2.45, 2.75) is 12.3 Å². The fraction of sp³-hybridized carbons (Fsp3) is 0.600. The molecule has 0 aromatic carbocycles. The highest BCUT2D eigenvalue weighted by molar-refractivity contribution is 6.21. The Morgan fingerprint density at radius 1 is 1.86 bits per heavy atom. The van der Waals surface area contributed by atoms with Crippen LogP contribution in [0.15, 0.2) is 12.2 Å². The van der Waals surface area contributed by atoms with Crippen LogP contribution in [0.5, 0.6) is 0 Å². The fourth-order valence-corrected chi connectivity index (χ4v) is 0.415. The van der Waals surface area contributed by atoms with Crippen LogP contribution in [0.25, 0.3) is 0 Å². The number of rotatable bonds is 2. The molecule has 0 radical (unpaired) electrons. The van der Waals surface area contributed by atoms with Gasteiger partial charge in [-0.3, -0.25) is 0 Å². The maximum Gasteiger partial charge on any atom is 0.0747 e. The number of allylic oxidation sites excluding steroid dienone is 1. The maximum atomic E-state index is 8.28. The van der Waals surface area contributed by atoms with Crippen molar-refractivity contribution in [1.29, 1.82) is 0 Å². The molecule has 0 fully saturated rings. The van der Waals surface area contributed by atoms with Crippen molar-refractivity contribution in [3.05, 3.63) is 12.2 Å². The molecule has 0 bridgehead atoms. The highest BCUT2D eigenvalue weighted by Crippen LogP contribution is 1.93. The van der Waals surface area contributed by atoms with Gasteiger partial charge in [0, 0.05) is 0 Å². The van der Waals surface area contributed by atoms with E-state index >= 15 is 0 Å². The Kier molecular flexibility index (Phi) is 4.15. The number of alkyl halides is 1. The second kappa shape index (κ2) is 4.16. The second-order valence-corrected chi connectivity index (χ2v) is 1.78. The molecule has 0 aliphatic heterocycles. The predicted octanol–water partition coefficient (Wildman–Crippen LogP) is 1.16. The summed E-state index contributed by atoms with van der Waals surface area (Å²) in [5.41, 5.74) is 0. The van der Waals surface area contributed by atoms with E-state index in [1.54, 1.807) is 6.08 Å². The van der Waals surface area contributed by atoms with Crippen LogP contribution in [0.1, 0.15) is 6.92 Å². The molecule has 0 amide bonds. The van der Waals surface area contributed by atoms with Crippen molar-refractivity contribution in [2.75, 3.05) is 6.61 Å². The fourth-order valence-electron chi connectivity index (χ4n) is 0.270. The molecule has 0 aliphatic carbocycles. The van der Waals surface area contributed by atoms with Crippen molar-refractivity contribution in [2.24, 2.45) is 0 Å². The monoisotopic (exact) mass is 120 g/mol. The summed E-state index contributed by atoms with van der Waals surface area (Å²) in [4.78, 5) is 0. The van der Waals surface area contributed by atoms with Crippen molar-refractivity contribution < 1.29 is 5.11 Å². The molecule has 1 unspecified atom stereocenters. The van der Waals surface area contributed by atoms with Crippen LogP contribution in [-0.4, -0.2) is 17.1 Å². The van der Waals surface area contributed by atoms with E-state index in [1.165, 1.54) is 0 Å². The summed E-state index contributed by atoms with van der Waals surface area (Å²) in [6.07, 6.45) is 3.55. The first-order chi connectivity index (χ1) is 3.31. The Labute approximate surface area is 48.6 Å². The van der Waals surface area contributed by atoms with Crippen LogP contribution < -0.4 is 0 Å². The minimum absolute atomic E-state index is 0.0197. The lowest BCUT2D eigenvalue weighted by Crippen LogP contribution is -1.97. The highest BCUT2D eigenvalue weighted by atomic mass is 35.5. The molecule has 1 N–H and O–H groups in total. The molecule has 0 aromatic heterocycles. The largest absolute Gasteiger partial charge is 0.395 e. The molecule has 0 aliphatic rings. The van der Waals surface area contributed by atoms with E-state index in [0.717, 1.165) is 0 Å². The van der Waals surface area contributed by atoms with Crippen LogP contribution in [0, 0.1) is 0 Å². The molecule has 0 saturated heterocycles.